The van der Waals surface area contributed by atoms with E-state index in [9.17, 15) is 9.00 Å². The molecule has 1 unspecified atom stereocenters. The molecule has 1 aromatic rings. The van der Waals surface area contributed by atoms with Gasteiger partial charge in [-0.15, -0.1) is 11.3 Å². The molecule has 12 heavy (non-hydrogen) atoms. The Balaban J connectivity index is 2.96. The molecule has 0 aromatic carbocycles. The SMILES string of the molecule is NC(=O)N(c1nccs1)S(=O)O. The minimum absolute atomic E-state index is 0.100. The average molecular weight is 207 g/mol. The van der Waals surface area contributed by atoms with E-state index in [2.05, 4.69) is 4.98 Å². The summed E-state index contributed by atoms with van der Waals surface area (Å²) in [7, 11) is 0. The number of hydrogen-bond acceptors (Lipinski definition) is 4. The zero-order valence-electron chi connectivity index (χ0n) is 5.71. The lowest BCUT2D eigenvalue weighted by atomic mass is 10.9. The van der Waals surface area contributed by atoms with Gasteiger partial charge in [-0.05, 0) is 0 Å². The van der Waals surface area contributed by atoms with E-state index in [-0.39, 0.29) is 5.13 Å². The monoisotopic (exact) mass is 207 g/mol. The maximum absolute atomic E-state index is 10.6. The summed E-state index contributed by atoms with van der Waals surface area (Å²) >= 11 is -1.41. The number of amides is 2. The molecule has 0 saturated heterocycles. The van der Waals surface area contributed by atoms with Crippen LogP contribution in [0.4, 0.5) is 9.93 Å². The van der Waals surface area contributed by atoms with E-state index in [0.29, 0.717) is 4.31 Å². The second-order valence-electron chi connectivity index (χ2n) is 1.68. The Morgan fingerprint density at radius 3 is 2.83 bits per heavy atom. The van der Waals surface area contributed by atoms with Crippen molar-refractivity contribution >= 4 is 33.8 Å². The fourth-order valence-corrected chi connectivity index (χ4v) is 1.76. The van der Waals surface area contributed by atoms with E-state index in [1.165, 1.54) is 6.20 Å². The summed E-state index contributed by atoms with van der Waals surface area (Å²) in [5, 5.41) is 1.67. The van der Waals surface area contributed by atoms with Crippen LogP contribution in [0.2, 0.25) is 0 Å². The Morgan fingerprint density at radius 2 is 2.50 bits per heavy atom. The Bertz CT molecular complexity index is 285. The van der Waals surface area contributed by atoms with Crippen molar-refractivity contribution in [2.45, 2.75) is 0 Å². The maximum Gasteiger partial charge on any atom is 0.335 e. The summed E-state index contributed by atoms with van der Waals surface area (Å²) in [4.78, 5) is 14.3. The number of anilines is 1. The number of nitrogens with zero attached hydrogens (tertiary/aromatic N) is 2. The first-order chi connectivity index (χ1) is 5.63. The molecule has 1 heterocycles. The minimum atomic E-state index is -2.46. The van der Waals surface area contributed by atoms with Gasteiger partial charge in [-0.25, -0.2) is 14.0 Å². The first-order valence-electron chi connectivity index (χ1n) is 2.73. The molecule has 0 bridgehead atoms. The third-order valence-corrected chi connectivity index (χ3v) is 2.49. The highest BCUT2D eigenvalue weighted by atomic mass is 32.2. The molecule has 0 aliphatic heterocycles. The lowest BCUT2D eigenvalue weighted by Crippen LogP contribution is -2.36. The number of carbonyl (C=O) groups excluding carboxylic acids is 1. The van der Waals surface area contributed by atoms with E-state index in [4.69, 9.17) is 10.3 Å². The van der Waals surface area contributed by atoms with Crippen molar-refractivity contribution in [1.29, 1.82) is 0 Å². The zero-order valence-corrected chi connectivity index (χ0v) is 7.34. The maximum atomic E-state index is 10.6. The second-order valence-corrected chi connectivity index (χ2v) is 3.38. The predicted octanol–water partition coefficient (Wildman–Crippen LogP) is 0.165. The Kier molecular flexibility index (Phi) is 2.74. The normalized spacial score (nSPS) is 12.4. The number of hydrogen-bond donors (Lipinski definition) is 2. The van der Waals surface area contributed by atoms with Gasteiger partial charge in [0, 0.05) is 11.6 Å². The van der Waals surface area contributed by atoms with E-state index in [1.807, 2.05) is 0 Å². The lowest BCUT2D eigenvalue weighted by molar-refractivity contribution is 0.256. The van der Waals surface area contributed by atoms with Crippen LogP contribution < -0.4 is 10.0 Å². The number of aromatic nitrogens is 1. The molecule has 1 aromatic heterocycles. The van der Waals surface area contributed by atoms with Crippen LogP contribution in [-0.2, 0) is 11.3 Å². The van der Waals surface area contributed by atoms with Crippen LogP contribution in [0.1, 0.15) is 0 Å². The van der Waals surface area contributed by atoms with Gasteiger partial charge < -0.3 is 5.73 Å². The summed E-state index contributed by atoms with van der Waals surface area (Å²) in [6.45, 7) is 0. The molecule has 0 spiro atoms. The van der Waals surface area contributed by atoms with E-state index in [1.54, 1.807) is 5.38 Å². The molecule has 0 fully saturated rings. The van der Waals surface area contributed by atoms with Crippen LogP contribution in [0.25, 0.3) is 0 Å². The third kappa shape index (κ3) is 1.78. The molecule has 3 N–H and O–H groups in total. The fourth-order valence-electron chi connectivity index (χ4n) is 0.554. The zero-order chi connectivity index (χ0) is 9.14. The highest BCUT2D eigenvalue weighted by molar-refractivity contribution is 7.81. The lowest BCUT2D eigenvalue weighted by Gasteiger charge is -2.09. The number of urea groups is 1. The molecule has 66 valence electrons. The third-order valence-electron chi connectivity index (χ3n) is 0.949. The van der Waals surface area contributed by atoms with Crippen molar-refractivity contribution in [3.05, 3.63) is 11.6 Å². The quantitative estimate of drug-likeness (QED) is 0.675. The van der Waals surface area contributed by atoms with Crippen LogP contribution in [0.3, 0.4) is 0 Å². The molecule has 0 aliphatic carbocycles. The van der Waals surface area contributed by atoms with Crippen LogP contribution >= 0.6 is 11.3 Å². The van der Waals surface area contributed by atoms with E-state index < -0.39 is 17.3 Å². The standard InChI is InChI=1S/C4H5N3O3S2/c5-3(8)7(12(9)10)4-6-1-2-11-4/h1-2H,(H2,5,8)(H,9,10). The Morgan fingerprint density at radius 1 is 1.83 bits per heavy atom. The van der Waals surface area contributed by atoms with Gasteiger partial charge in [-0.1, -0.05) is 0 Å². The number of primary amides is 1. The van der Waals surface area contributed by atoms with Crippen molar-refractivity contribution in [3.8, 4) is 0 Å². The topological polar surface area (TPSA) is 96.5 Å². The molecule has 1 atom stereocenters. The summed E-state index contributed by atoms with van der Waals surface area (Å²) in [6.07, 6.45) is 1.41. The van der Waals surface area contributed by atoms with Crippen LogP contribution in [0.15, 0.2) is 11.6 Å². The number of carbonyl (C=O) groups is 1. The summed E-state index contributed by atoms with van der Waals surface area (Å²) in [6, 6.07) is -1.01. The molecular formula is C4H5N3O3S2. The second kappa shape index (κ2) is 3.61. The Labute approximate surface area is 74.4 Å². The Hall–Kier alpha value is -0.990. The molecule has 6 nitrogen and oxygen atoms in total. The van der Waals surface area contributed by atoms with Gasteiger partial charge in [0.05, 0.1) is 0 Å². The van der Waals surface area contributed by atoms with Crippen LogP contribution in [-0.4, -0.2) is 19.8 Å². The average Bonchev–Trinajstić information content (AvgIpc) is 2.37. The summed E-state index contributed by atoms with van der Waals surface area (Å²) < 4.78 is 19.7. The number of thiazole rings is 1. The minimum Gasteiger partial charge on any atom is -0.350 e. The van der Waals surface area contributed by atoms with Crippen molar-refractivity contribution in [2.24, 2.45) is 5.73 Å². The summed E-state index contributed by atoms with van der Waals surface area (Å²) in [5.41, 5.74) is 4.83. The molecule has 0 saturated carbocycles. The number of nitrogens with two attached hydrogens (primary N) is 1. The highest BCUT2D eigenvalue weighted by Gasteiger charge is 2.20. The van der Waals surface area contributed by atoms with Crippen molar-refractivity contribution in [3.63, 3.8) is 0 Å². The smallest absolute Gasteiger partial charge is 0.335 e. The van der Waals surface area contributed by atoms with Crippen molar-refractivity contribution in [1.82, 2.24) is 4.98 Å². The van der Waals surface area contributed by atoms with Crippen molar-refractivity contribution < 1.29 is 13.6 Å². The molecule has 2 amide bonds. The van der Waals surface area contributed by atoms with Crippen molar-refractivity contribution in [2.75, 3.05) is 4.31 Å². The molecule has 1 rings (SSSR count). The van der Waals surface area contributed by atoms with Gasteiger partial charge in [-0.2, -0.15) is 4.31 Å². The van der Waals surface area contributed by atoms with Gasteiger partial charge >= 0.3 is 6.03 Å². The summed E-state index contributed by atoms with van der Waals surface area (Å²) in [5.74, 6) is 0. The largest absolute Gasteiger partial charge is 0.350 e. The van der Waals surface area contributed by atoms with Gasteiger partial charge in [-0.3, -0.25) is 4.55 Å². The van der Waals surface area contributed by atoms with Crippen LogP contribution in [0.5, 0.6) is 0 Å². The van der Waals surface area contributed by atoms with Gasteiger partial charge in [0.2, 0.25) is 5.13 Å². The molecule has 8 heteroatoms. The fraction of sp³-hybridized carbons (Fsp3) is 0. The molecule has 0 radical (unpaired) electrons. The van der Waals surface area contributed by atoms with Gasteiger partial charge in [0.15, 0.2) is 0 Å². The predicted molar refractivity (Wildman–Crippen MR) is 44.9 cm³/mol. The number of rotatable bonds is 2. The van der Waals surface area contributed by atoms with Gasteiger partial charge in [0.25, 0.3) is 11.3 Å². The first-order valence-corrected chi connectivity index (χ1v) is 4.67. The van der Waals surface area contributed by atoms with E-state index >= 15 is 0 Å². The van der Waals surface area contributed by atoms with Crippen LogP contribution in [0, 0.1) is 0 Å². The van der Waals surface area contributed by atoms with Gasteiger partial charge in [0.1, 0.15) is 0 Å². The first kappa shape index (κ1) is 9.10. The highest BCUT2D eigenvalue weighted by Crippen LogP contribution is 2.17. The molecule has 0 aliphatic rings. The van der Waals surface area contributed by atoms with E-state index in [0.717, 1.165) is 11.3 Å². The molecular weight excluding hydrogens is 202 g/mol.